The van der Waals surface area contributed by atoms with Crippen LogP contribution < -0.4 is 10.1 Å². The number of hydrogen-bond acceptors (Lipinski definition) is 3. The summed E-state index contributed by atoms with van der Waals surface area (Å²) in [6.07, 6.45) is 1.94. The third-order valence-corrected chi connectivity index (χ3v) is 2.75. The van der Waals surface area contributed by atoms with E-state index in [1.165, 1.54) is 0 Å². The highest BCUT2D eigenvalue weighted by Crippen LogP contribution is 2.12. The van der Waals surface area contributed by atoms with Crippen LogP contribution in [0.4, 0.5) is 5.82 Å². The fourth-order valence-corrected chi connectivity index (χ4v) is 1.41. The van der Waals surface area contributed by atoms with Crippen molar-refractivity contribution in [3.8, 4) is 5.88 Å². The fraction of sp³-hybridized carbons (Fsp3) is 0.583. The first-order chi connectivity index (χ1) is 7.76. The monoisotopic (exact) mass is 242 g/mol. The Kier molecular flexibility index (Phi) is 6.01. The summed E-state index contributed by atoms with van der Waals surface area (Å²) in [4.78, 5) is 4.31. The lowest BCUT2D eigenvalue weighted by molar-refractivity contribution is 0.327. The Bertz CT molecular complexity index is 307. The number of ether oxygens (including phenoxy) is 1. The highest BCUT2D eigenvalue weighted by atomic mass is 35.5. The second-order valence-electron chi connectivity index (χ2n) is 3.52. The molecule has 90 valence electrons. The van der Waals surface area contributed by atoms with E-state index in [0.29, 0.717) is 12.5 Å². The van der Waals surface area contributed by atoms with Crippen molar-refractivity contribution in [2.75, 3.05) is 18.5 Å². The molecule has 1 aromatic heterocycles. The molecule has 0 radical (unpaired) electrons. The van der Waals surface area contributed by atoms with Gasteiger partial charge in [0.25, 0.3) is 0 Å². The van der Waals surface area contributed by atoms with E-state index in [0.717, 1.165) is 25.2 Å². The van der Waals surface area contributed by atoms with E-state index in [4.69, 9.17) is 16.3 Å². The molecule has 4 heteroatoms. The third-order valence-electron chi connectivity index (χ3n) is 2.22. The fourth-order valence-electron chi connectivity index (χ4n) is 1.30. The van der Waals surface area contributed by atoms with Crippen LogP contribution in [0, 0.1) is 0 Å². The molecule has 0 spiro atoms. The quantitative estimate of drug-likeness (QED) is 0.745. The van der Waals surface area contributed by atoms with Crippen LogP contribution in [0.1, 0.15) is 26.7 Å². The Labute approximate surface area is 102 Å². The molecule has 1 heterocycles. The summed E-state index contributed by atoms with van der Waals surface area (Å²) in [5.41, 5.74) is 0. The van der Waals surface area contributed by atoms with Gasteiger partial charge in [-0.1, -0.05) is 13.0 Å². The van der Waals surface area contributed by atoms with E-state index in [-0.39, 0.29) is 5.38 Å². The van der Waals surface area contributed by atoms with Gasteiger partial charge in [0, 0.05) is 18.0 Å². The van der Waals surface area contributed by atoms with E-state index in [2.05, 4.69) is 17.2 Å². The summed E-state index contributed by atoms with van der Waals surface area (Å²) in [5.74, 6) is 1.50. The van der Waals surface area contributed by atoms with Gasteiger partial charge in [-0.25, -0.2) is 0 Å². The maximum absolute atomic E-state index is 6.03. The number of pyridine rings is 1. The summed E-state index contributed by atoms with van der Waals surface area (Å²) >= 11 is 6.03. The van der Waals surface area contributed by atoms with Crippen molar-refractivity contribution in [2.24, 2.45) is 0 Å². The van der Waals surface area contributed by atoms with Crippen molar-refractivity contribution in [2.45, 2.75) is 32.1 Å². The number of nitrogens with zero attached hydrogens (tertiary/aromatic N) is 1. The molecule has 1 N–H and O–H groups in total. The van der Waals surface area contributed by atoms with Crippen LogP contribution in [0.25, 0.3) is 0 Å². The predicted octanol–water partition coefficient (Wildman–Crippen LogP) is 3.30. The van der Waals surface area contributed by atoms with E-state index in [9.17, 15) is 0 Å². The molecule has 0 aliphatic carbocycles. The molecule has 0 saturated carbocycles. The predicted molar refractivity (Wildman–Crippen MR) is 68.4 cm³/mol. The number of rotatable bonds is 7. The van der Waals surface area contributed by atoms with E-state index in [1.807, 2.05) is 25.1 Å². The minimum atomic E-state index is 0.238. The van der Waals surface area contributed by atoms with Crippen molar-refractivity contribution >= 4 is 17.4 Å². The molecule has 0 bridgehead atoms. The van der Waals surface area contributed by atoms with Crippen molar-refractivity contribution in [1.82, 2.24) is 4.98 Å². The molecule has 0 amide bonds. The van der Waals surface area contributed by atoms with Gasteiger partial charge in [0.2, 0.25) is 5.88 Å². The Morgan fingerprint density at radius 1 is 1.44 bits per heavy atom. The van der Waals surface area contributed by atoms with Gasteiger partial charge in [0.15, 0.2) is 0 Å². The van der Waals surface area contributed by atoms with Crippen LogP contribution in [0.2, 0.25) is 0 Å². The molecule has 0 aliphatic heterocycles. The first-order valence-electron chi connectivity index (χ1n) is 5.74. The highest BCUT2D eigenvalue weighted by Gasteiger charge is 2.01. The second-order valence-corrected chi connectivity index (χ2v) is 4.13. The van der Waals surface area contributed by atoms with Gasteiger partial charge in [-0.3, -0.25) is 0 Å². The minimum absolute atomic E-state index is 0.238. The number of aromatic nitrogens is 1. The van der Waals surface area contributed by atoms with E-state index < -0.39 is 0 Å². The maximum atomic E-state index is 6.03. The zero-order valence-electron chi connectivity index (χ0n) is 9.87. The highest BCUT2D eigenvalue weighted by molar-refractivity contribution is 6.20. The Hall–Kier alpha value is -0.960. The largest absolute Gasteiger partial charge is 0.478 e. The molecule has 1 aromatic rings. The van der Waals surface area contributed by atoms with E-state index >= 15 is 0 Å². The molecule has 1 atom stereocenters. The second kappa shape index (κ2) is 7.34. The van der Waals surface area contributed by atoms with Crippen LogP contribution in [0.3, 0.4) is 0 Å². The van der Waals surface area contributed by atoms with Crippen LogP contribution >= 0.6 is 11.6 Å². The normalized spacial score (nSPS) is 12.2. The smallest absolute Gasteiger partial charge is 0.215 e. The van der Waals surface area contributed by atoms with Crippen LogP contribution in [0.15, 0.2) is 18.2 Å². The van der Waals surface area contributed by atoms with Gasteiger partial charge in [0.05, 0.1) is 6.61 Å². The molecule has 0 aliphatic rings. The van der Waals surface area contributed by atoms with Gasteiger partial charge in [0.1, 0.15) is 5.82 Å². The molecular formula is C12H19ClN2O. The van der Waals surface area contributed by atoms with Gasteiger partial charge < -0.3 is 10.1 Å². The summed E-state index contributed by atoms with van der Waals surface area (Å²) in [6, 6.07) is 5.71. The SMILES string of the molecule is CCOc1cccc(NCCC(Cl)CC)n1. The van der Waals surface area contributed by atoms with Crippen LogP contribution in [-0.4, -0.2) is 23.5 Å². The van der Waals surface area contributed by atoms with Crippen molar-refractivity contribution in [3.05, 3.63) is 18.2 Å². The van der Waals surface area contributed by atoms with Gasteiger partial charge in [-0.05, 0) is 25.8 Å². The lowest BCUT2D eigenvalue weighted by Gasteiger charge is -2.09. The summed E-state index contributed by atoms with van der Waals surface area (Å²) < 4.78 is 5.32. The lowest BCUT2D eigenvalue weighted by atomic mass is 10.2. The summed E-state index contributed by atoms with van der Waals surface area (Å²) in [6.45, 7) is 5.51. The topological polar surface area (TPSA) is 34.1 Å². The zero-order valence-corrected chi connectivity index (χ0v) is 10.6. The lowest BCUT2D eigenvalue weighted by Crippen LogP contribution is -2.09. The number of hydrogen-bond donors (Lipinski definition) is 1. The third kappa shape index (κ3) is 4.71. The Morgan fingerprint density at radius 3 is 2.94 bits per heavy atom. The average Bonchev–Trinajstić information content (AvgIpc) is 2.30. The first kappa shape index (κ1) is 13.1. The number of anilines is 1. The number of alkyl halides is 1. The molecule has 0 aromatic carbocycles. The maximum Gasteiger partial charge on any atom is 0.215 e. The van der Waals surface area contributed by atoms with Gasteiger partial charge in [-0.15, -0.1) is 11.6 Å². The Balaban J connectivity index is 2.38. The zero-order chi connectivity index (χ0) is 11.8. The number of nitrogens with one attached hydrogen (secondary N) is 1. The van der Waals surface area contributed by atoms with Gasteiger partial charge >= 0.3 is 0 Å². The van der Waals surface area contributed by atoms with Crippen LogP contribution in [0.5, 0.6) is 5.88 Å². The van der Waals surface area contributed by atoms with Crippen molar-refractivity contribution in [3.63, 3.8) is 0 Å². The summed E-state index contributed by atoms with van der Waals surface area (Å²) in [5, 5.41) is 3.47. The molecule has 0 fully saturated rings. The minimum Gasteiger partial charge on any atom is -0.478 e. The summed E-state index contributed by atoms with van der Waals surface area (Å²) in [7, 11) is 0. The molecule has 1 rings (SSSR count). The van der Waals surface area contributed by atoms with Crippen LogP contribution in [-0.2, 0) is 0 Å². The molecule has 3 nitrogen and oxygen atoms in total. The molecule has 16 heavy (non-hydrogen) atoms. The molecule has 0 saturated heterocycles. The first-order valence-corrected chi connectivity index (χ1v) is 6.17. The van der Waals surface area contributed by atoms with E-state index in [1.54, 1.807) is 0 Å². The van der Waals surface area contributed by atoms with Crippen molar-refractivity contribution in [1.29, 1.82) is 0 Å². The standard InChI is InChI=1S/C12H19ClN2O/c1-3-10(13)8-9-14-11-6-5-7-12(15-11)16-4-2/h5-7,10H,3-4,8-9H2,1-2H3,(H,14,15). The molecular weight excluding hydrogens is 224 g/mol. The number of halogens is 1. The average molecular weight is 243 g/mol. The van der Waals surface area contributed by atoms with Gasteiger partial charge in [-0.2, -0.15) is 4.98 Å². The molecule has 1 unspecified atom stereocenters. The Morgan fingerprint density at radius 2 is 2.25 bits per heavy atom. The van der Waals surface area contributed by atoms with Crippen molar-refractivity contribution < 1.29 is 4.74 Å².